The van der Waals surface area contributed by atoms with Crippen molar-refractivity contribution in [3.05, 3.63) is 96.2 Å². The molecule has 0 aliphatic rings. The summed E-state index contributed by atoms with van der Waals surface area (Å²) in [4.78, 5) is 29.1. The van der Waals surface area contributed by atoms with Crippen molar-refractivity contribution in [3.63, 3.8) is 0 Å². The zero-order chi connectivity index (χ0) is 37.8. The van der Waals surface area contributed by atoms with Crippen LogP contribution in [-0.4, -0.2) is 50.5 Å². The van der Waals surface area contributed by atoms with Crippen LogP contribution in [0.5, 0.6) is 23.0 Å². The lowest BCUT2D eigenvalue weighted by Crippen LogP contribution is -2.22. The van der Waals surface area contributed by atoms with Crippen molar-refractivity contribution in [1.29, 1.82) is 0 Å². The molecule has 1 heterocycles. The highest BCUT2D eigenvalue weighted by Crippen LogP contribution is 2.40. The first-order valence-corrected chi connectivity index (χ1v) is 17.4. The summed E-state index contributed by atoms with van der Waals surface area (Å²) in [7, 11) is -2.29. The molecule has 1 aromatic heterocycles. The fraction of sp³-hybridized carbons (Fsp3) is 0.194. The molecule has 0 saturated carbocycles. The number of benzene rings is 4. The Balaban J connectivity index is 1.38. The molecule has 5 aromatic rings. The summed E-state index contributed by atoms with van der Waals surface area (Å²) in [5, 5.41) is 19.2. The van der Waals surface area contributed by atoms with Crippen LogP contribution in [0.4, 0.5) is 42.1 Å². The maximum absolute atomic E-state index is 13.4. The van der Waals surface area contributed by atoms with E-state index < -0.39 is 45.4 Å². The summed E-state index contributed by atoms with van der Waals surface area (Å²) in [5.41, 5.74) is 1.05. The van der Waals surface area contributed by atoms with Crippen molar-refractivity contribution in [2.24, 2.45) is 0 Å². The van der Waals surface area contributed by atoms with E-state index in [4.69, 9.17) is 9.47 Å². The zero-order valence-electron chi connectivity index (χ0n) is 28.6. The minimum atomic E-state index is -3.67. The molecule has 272 valence electrons. The molecule has 0 bridgehead atoms. The number of hydrogen-bond acceptors (Lipinski definition) is 9. The van der Waals surface area contributed by atoms with E-state index in [1.54, 1.807) is 54.6 Å². The number of nitrogens with zero attached hydrogens (tertiary/aromatic N) is 1. The van der Waals surface area contributed by atoms with Gasteiger partial charge >= 0.3 is 18.6 Å². The van der Waals surface area contributed by atoms with Gasteiger partial charge in [-0.15, -0.1) is 0 Å². The molecule has 0 saturated heterocycles. The Labute approximate surface area is 298 Å². The summed E-state index contributed by atoms with van der Waals surface area (Å²) < 4.78 is 68.5. The Bertz CT molecular complexity index is 2260. The van der Waals surface area contributed by atoms with Crippen LogP contribution in [-0.2, 0) is 15.4 Å². The molecule has 0 aliphatic carbocycles. The maximum Gasteiger partial charge on any atom is 0.387 e. The van der Waals surface area contributed by atoms with Crippen molar-refractivity contribution in [1.82, 2.24) is 4.98 Å². The Morgan fingerprint density at radius 2 is 1.56 bits per heavy atom. The van der Waals surface area contributed by atoms with Gasteiger partial charge in [0, 0.05) is 34.8 Å². The van der Waals surface area contributed by atoms with Gasteiger partial charge in [-0.25, -0.2) is 23.0 Å². The number of urea groups is 1. The maximum atomic E-state index is 13.4. The Morgan fingerprint density at radius 1 is 0.865 bits per heavy atom. The number of sulfonamides is 1. The molecule has 0 unspecified atom stereocenters. The van der Waals surface area contributed by atoms with E-state index in [-0.39, 0.29) is 28.6 Å². The average Bonchev–Trinajstić information content (AvgIpc) is 3.04. The quantitative estimate of drug-likeness (QED) is 0.0836. The van der Waals surface area contributed by atoms with Crippen molar-refractivity contribution < 1.29 is 46.1 Å². The number of aromatic nitrogens is 1. The number of carboxylic acids is 1. The van der Waals surface area contributed by atoms with Gasteiger partial charge in [-0.2, -0.15) is 8.78 Å². The number of carbonyl (C=O) groups is 2. The highest BCUT2D eigenvalue weighted by Gasteiger charge is 2.23. The van der Waals surface area contributed by atoms with Crippen LogP contribution in [0.15, 0.2) is 85.1 Å². The molecule has 4 aromatic carbocycles. The number of fused-ring (bicyclic) bond motifs is 1. The third-order valence-corrected chi connectivity index (χ3v) is 8.09. The summed E-state index contributed by atoms with van der Waals surface area (Å²) in [6.45, 7) is 2.64. The van der Waals surface area contributed by atoms with Crippen LogP contribution in [0, 0.1) is 0 Å². The minimum Gasteiger partial charge on any atom is -0.492 e. The molecule has 13 nitrogen and oxygen atoms in total. The van der Waals surface area contributed by atoms with E-state index in [1.807, 2.05) is 26.8 Å². The van der Waals surface area contributed by atoms with Gasteiger partial charge in [0.1, 0.15) is 28.6 Å². The van der Waals surface area contributed by atoms with Gasteiger partial charge in [0.15, 0.2) is 5.75 Å². The molecule has 0 aliphatic heterocycles. The minimum absolute atomic E-state index is 0.132. The summed E-state index contributed by atoms with van der Waals surface area (Å²) in [6, 6.07) is 20.1. The topological polar surface area (TPSA) is 177 Å². The number of ether oxygens (including phenoxy) is 3. The van der Waals surface area contributed by atoms with Crippen LogP contribution in [0.2, 0.25) is 0 Å². The monoisotopic (exact) mass is 735 g/mol. The first kappa shape index (κ1) is 37.1. The second-order valence-electron chi connectivity index (χ2n) is 12.5. The van der Waals surface area contributed by atoms with Gasteiger partial charge in [-0.1, -0.05) is 45.0 Å². The lowest BCUT2D eigenvalue weighted by atomic mass is 9.86. The smallest absolute Gasteiger partial charge is 0.387 e. The second-order valence-corrected chi connectivity index (χ2v) is 14.2. The van der Waals surface area contributed by atoms with Gasteiger partial charge in [0.2, 0.25) is 10.0 Å². The van der Waals surface area contributed by atoms with E-state index in [2.05, 4.69) is 30.4 Å². The Kier molecular flexibility index (Phi) is 10.7. The SMILES string of the molecule is COc1c(NC(=O)Nc2ccc(Oc3ccnc(Nc4ccc(C(=O)O)c(OC(F)F)c4)c3)c3ccccc23)cc(C(C)(C)C)cc1NS(C)(=O)=O. The number of halogens is 2. The Hall–Kier alpha value is -6.16. The average molecular weight is 736 g/mol. The number of carboxylic acid groups (broad SMARTS) is 1. The highest BCUT2D eigenvalue weighted by atomic mass is 32.2. The molecule has 5 N–H and O–H groups in total. The largest absolute Gasteiger partial charge is 0.492 e. The van der Waals surface area contributed by atoms with Gasteiger partial charge in [0.05, 0.1) is 30.4 Å². The summed E-state index contributed by atoms with van der Waals surface area (Å²) in [5.74, 6) is -0.741. The van der Waals surface area contributed by atoms with Crippen LogP contribution in [0.25, 0.3) is 10.8 Å². The van der Waals surface area contributed by atoms with E-state index in [9.17, 15) is 31.9 Å². The van der Waals surface area contributed by atoms with Crippen LogP contribution in [0.1, 0.15) is 36.7 Å². The lowest BCUT2D eigenvalue weighted by molar-refractivity contribution is -0.0502. The number of anilines is 5. The van der Waals surface area contributed by atoms with Crippen molar-refractivity contribution in [2.75, 3.05) is 34.0 Å². The van der Waals surface area contributed by atoms with E-state index >= 15 is 0 Å². The number of rotatable bonds is 12. The third-order valence-electron chi connectivity index (χ3n) is 7.49. The van der Waals surface area contributed by atoms with Gasteiger partial charge < -0.3 is 35.3 Å². The van der Waals surface area contributed by atoms with E-state index in [0.717, 1.165) is 24.0 Å². The van der Waals surface area contributed by atoms with Crippen LogP contribution in [0.3, 0.4) is 0 Å². The number of pyridine rings is 1. The molecule has 0 radical (unpaired) electrons. The first-order valence-electron chi connectivity index (χ1n) is 15.5. The van der Waals surface area contributed by atoms with E-state index in [1.165, 1.54) is 19.4 Å². The number of methoxy groups -OCH3 is 1. The number of hydrogen-bond donors (Lipinski definition) is 5. The molecular formula is C36H35F2N5O8S. The number of aromatic carboxylic acids is 1. The van der Waals surface area contributed by atoms with Crippen molar-refractivity contribution >= 4 is 61.4 Å². The van der Waals surface area contributed by atoms with E-state index in [0.29, 0.717) is 28.0 Å². The Morgan fingerprint density at radius 3 is 2.21 bits per heavy atom. The molecule has 5 rings (SSSR count). The van der Waals surface area contributed by atoms with Gasteiger partial charge in [-0.3, -0.25) is 4.72 Å². The summed E-state index contributed by atoms with van der Waals surface area (Å²) >= 11 is 0. The molecule has 0 fully saturated rings. The third kappa shape index (κ3) is 9.14. The van der Waals surface area contributed by atoms with Crippen molar-refractivity contribution in [3.8, 4) is 23.0 Å². The fourth-order valence-corrected chi connectivity index (χ4v) is 5.73. The molecule has 0 atom stereocenters. The molecule has 0 spiro atoms. The normalized spacial score (nSPS) is 11.5. The fourth-order valence-electron chi connectivity index (χ4n) is 5.18. The molecule has 16 heteroatoms. The lowest BCUT2D eigenvalue weighted by Gasteiger charge is -2.24. The predicted octanol–water partition coefficient (Wildman–Crippen LogP) is 8.39. The standard InChI is InChI=1S/C36H35F2N5O8S/c1-36(2,3)20-16-27(32(49-4)28(17-20)43-52(5,47)48)42-35(46)41-26-12-13-29(24-9-7-6-8-23(24)26)50-22-14-15-39-31(19-22)40-21-10-11-25(33(44)45)30(18-21)51-34(37)38/h6-19,34,43H,1-5H3,(H,39,40)(H,44,45)(H2,41,42,46). The van der Waals surface area contributed by atoms with Crippen LogP contribution >= 0.6 is 0 Å². The highest BCUT2D eigenvalue weighted by molar-refractivity contribution is 7.92. The second kappa shape index (κ2) is 15.0. The first-order chi connectivity index (χ1) is 24.5. The summed E-state index contributed by atoms with van der Waals surface area (Å²) in [6.07, 6.45) is 2.48. The number of alkyl halides is 2. The van der Waals surface area contributed by atoms with Gasteiger partial charge in [0.25, 0.3) is 0 Å². The number of nitrogens with one attached hydrogen (secondary N) is 4. The van der Waals surface area contributed by atoms with Crippen LogP contribution < -0.4 is 34.9 Å². The zero-order valence-corrected chi connectivity index (χ0v) is 29.4. The number of amides is 2. The predicted molar refractivity (Wildman–Crippen MR) is 194 cm³/mol. The molecular weight excluding hydrogens is 700 g/mol. The van der Waals surface area contributed by atoms with Gasteiger partial charge in [-0.05, 0) is 53.4 Å². The molecule has 2 amide bonds. The number of carbonyl (C=O) groups excluding carboxylic acids is 1. The van der Waals surface area contributed by atoms with Crippen molar-refractivity contribution in [2.45, 2.75) is 32.8 Å². The molecule has 52 heavy (non-hydrogen) atoms.